The standard InChI is InChI=1S/C33H34Cl3F3N6O2S/c1-21(2)27-14-5-22(3)19-28(27)44(18-16-32(34,35)36)31(48-4)42-30(46)40-17-15-23-6-8-24(9-7-23)29-41-20-45(43-29)25-10-12-26(13-11-25)47-33(37,38)39/h5-14,19-21H,15-18H2,1-4H3,(H,40,46)/b42-31-. The molecule has 2 amide bonds. The molecule has 0 saturated heterocycles. The molecule has 8 nitrogen and oxygen atoms in total. The summed E-state index contributed by atoms with van der Waals surface area (Å²) in [6.07, 6.45) is -0.659. The van der Waals surface area contributed by atoms with Crippen molar-refractivity contribution in [3.63, 3.8) is 0 Å². The number of nitrogens with zero attached hydrogens (tertiary/aromatic N) is 5. The molecule has 0 aliphatic carbocycles. The Hall–Kier alpha value is -3.45. The molecule has 1 aromatic heterocycles. The van der Waals surface area contributed by atoms with E-state index in [0.29, 0.717) is 36.2 Å². The zero-order chi connectivity index (χ0) is 35.1. The quantitative estimate of drug-likeness (QED) is 0.0991. The molecule has 3 aromatic carbocycles. The van der Waals surface area contributed by atoms with Crippen LogP contribution in [0.15, 0.2) is 78.0 Å². The number of carbonyl (C=O) groups excluding carboxylic acids is 1. The minimum Gasteiger partial charge on any atom is -0.406 e. The Morgan fingerprint density at radius 2 is 1.75 bits per heavy atom. The molecule has 1 heterocycles. The summed E-state index contributed by atoms with van der Waals surface area (Å²) in [4.78, 5) is 23.6. The molecule has 0 spiro atoms. The number of aromatic nitrogens is 3. The Kier molecular flexibility index (Phi) is 12.7. The zero-order valence-electron chi connectivity index (χ0n) is 26.6. The minimum atomic E-state index is -4.76. The van der Waals surface area contributed by atoms with Crippen LogP contribution in [0, 0.1) is 6.92 Å². The fourth-order valence-corrected chi connectivity index (χ4v) is 5.57. The molecule has 0 saturated carbocycles. The van der Waals surface area contributed by atoms with E-state index in [2.05, 4.69) is 51.1 Å². The second-order valence-corrected chi connectivity index (χ2v) is 14.4. The van der Waals surface area contributed by atoms with E-state index in [1.807, 2.05) is 48.4 Å². The average molecular weight is 742 g/mol. The monoisotopic (exact) mass is 740 g/mol. The molecule has 0 radical (unpaired) electrons. The molecule has 1 N–H and O–H groups in total. The number of nitrogens with one attached hydrogen (secondary N) is 1. The Labute approximate surface area is 296 Å². The molecular formula is C33H34Cl3F3N6O2S. The van der Waals surface area contributed by atoms with Gasteiger partial charge in [-0.15, -0.1) is 18.3 Å². The van der Waals surface area contributed by atoms with Crippen molar-refractivity contribution in [2.24, 2.45) is 4.99 Å². The maximum Gasteiger partial charge on any atom is 0.573 e. The van der Waals surface area contributed by atoms with Crippen molar-refractivity contribution >= 4 is 63.5 Å². The third-order valence-corrected chi connectivity index (χ3v) is 8.30. The first-order valence-electron chi connectivity index (χ1n) is 14.8. The lowest BCUT2D eigenvalue weighted by atomic mass is 9.98. The van der Waals surface area contributed by atoms with Crippen LogP contribution < -0.4 is 15.0 Å². The van der Waals surface area contributed by atoms with E-state index < -0.39 is 16.2 Å². The Bertz CT molecular complexity index is 1710. The van der Waals surface area contributed by atoms with Crippen LogP contribution in [0.3, 0.4) is 0 Å². The number of amidine groups is 1. The summed E-state index contributed by atoms with van der Waals surface area (Å²) in [6, 6.07) is 18.5. The summed E-state index contributed by atoms with van der Waals surface area (Å²) in [6.45, 7) is 6.89. The number of anilines is 1. The number of thioether (sulfide) groups is 1. The van der Waals surface area contributed by atoms with Crippen molar-refractivity contribution in [2.45, 2.75) is 49.7 Å². The number of urea groups is 1. The second-order valence-electron chi connectivity index (χ2n) is 11.1. The SMILES string of the molecule is CS/C(=N\C(=O)NCCc1ccc(-c2ncn(-c3ccc(OC(F)(F)F)cc3)n2)cc1)N(CCC(Cl)(Cl)Cl)c1cc(C)ccc1C(C)C. The van der Waals surface area contributed by atoms with Crippen LogP contribution in [0.5, 0.6) is 5.75 Å². The predicted octanol–water partition coefficient (Wildman–Crippen LogP) is 9.50. The van der Waals surface area contributed by atoms with Gasteiger partial charge in [0, 0.05) is 30.8 Å². The van der Waals surface area contributed by atoms with Gasteiger partial charge in [0.1, 0.15) is 12.1 Å². The highest BCUT2D eigenvalue weighted by atomic mass is 35.6. The predicted molar refractivity (Wildman–Crippen MR) is 189 cm³/mol. The Morgan fingerprint density at radius 3 is 2.35 bits per heavy atom. The van der Waals surface area contributed by atoms with Gasteiger partial charge in [-0.25, -0.2) is 14.5 Å². The Balaban J connectivity index is 1.39. The van der Waals surface area contributed by atoms with Crippen LogP contribution in [0.2, 0.25) is 0 Å². The highest BCUT2D eigenvalue weighted by Crippen LogP contribution is 2.35. The number of hydrogen-bond donors (Lipinski definition) is 1. The van der Waals surface area contributed by atoms with Gasteiger partial charge >= 0.3 is 12.4 Å². The largest absolute Gasteiger partial charge is 0.573 e. The summed E-state index contributed by atoms with van der Waals surface area (Å²) in [5.41, 5.74) is 5.30. The first-order valence-corrected chi connectivity index (χ1v) is 17.2. The van der Waals surface area contributed by atoms with Crippen LogP contribution in [-0.2, 0) is 6.42 Å². The van der Waals surface area contributed by atoms with E-state index >= 15 is 0 Å². The molecule has 0 atom stereocenters. The number of ether oxygens (including phenoxy) is 1. The maximum absolute atomic E-state index is 13.0. The molecular weight excluding hydrogens is 708 g/mol. The molecule has 15 heteroatoms. The first kappa shape index (κ1) is 37.4. The van der Waals surface area contributed by atoms with E-state index in [1.54, 1.807) is 0 Å². The minimum absolute atomic E-state index is 0.216. The lowest BCUT2D eigenvalue weighted by molar-refractivity contribution is -0.274. The van der Waals surface area contributed by atoms with Crippen molar-refractivity contribution in [2.75, 3.05) is 24.2 Å². The Morgan fingerprint density at radius 1 is 1.06 bits per heavy atom. The molecule has 0 aliphatic rings. The smallest absolute Gasteiger partial charge is 0.406 e. The lowest BCUT2D eigenvalue weighted by Crippen LogP contribution is -2.35. The van der Waals surface area contributed by atoms with Crippen LogP contribution in [0.1, 0.15) is 42.9 Å². The number of rotatable bonds is 10. The van der Waals surface area contributed by atoms with E-state index in [1.165, 1.54) is 47.0 Å². The van der Waals surface area contributed by atoms with E-state index in [-0.39, 0.29) is 18.1 Å². The van der Waals surface area contributed by atoms with Crippen LogP contribution >= 0.6 is 46.6 Å². The van der Waals surface area contributed by atoms with Crippen molar-refractivity contribution in [1.29, 1.82) is 0 Å². The summed E-state index contributed by atoms with van der Waals surface area (Å²) in [5.74, 6) is 0.336. The highest BCUT2D eigenvalue weighted by molar-refractivity contribution is 8.13. The van der Waals surface area contributed by atoms with Crippen LogP contribution in [-0.4, -0.2) is 55.5 Å². The van der Waals surface area contributed by atoms with Gasteiger partial charge in [0.15, 0.2) is 14.8 Å². The summed E-state index contributed by atoms with van der Waals surface area (Å²) >= 11 is 19.7. The molecule has 0 bridgehead atoms. The van der Waals surface area contributed by atoms with Crippen LogP contribution in [0.4, 0.5) is 23.7 Å². The van der Waals surface area contributed by atoms with Crippen molar-refractivity contribution in [1.82, 2.24) is 20.1 Å². The third-order valence-electron chi connectivity index (χ3n) is 7.06. The number of halogens is 6. The summed E-state index contributed by atoms with van der Waals surface area (Å²) in [5, 5.41) is 7.78. The second kappa shape index (κ2) is 16.3. The van der Waals surface area contributed by atoms with Gasteiger partial charge in [-0.05, 0) is 72.5 Å². The van der Waals surface area contributed by atoms with Crippen LogP contribution in [0.25, 0.3) is 17.1 Å². The van der Waals surface area contributed by atoms with Crippen molar-refractivity contribution in [3.8, 4) is 22.8 Å². The third kappa shape index (κ3) is 11.0. The topological polar surface area (TPSA) is 84.6 Å². The maximum atomic E-state index is 13.0. The van der Waals surface area contributed by atoms with Gasteiger partial charge in [-0.1, -0.05) is 96.8 Å². The first-order chi connectivity index (χ1) is 22.6. The van der Waals surface area contributed by atoms with E-state index in [0.717, 1.165) is 27.9 Å². The summed E-state index contributed by atoms with van der Waals surface area (Å²) in [7, 11) is 0. The van der Waals surface area contributed by atoms with Gasteiger partial charge in [0.05, 0.1) is 5.69 Å². The molecule has 48 heavy (non-hydrogen) atoms. The fourth-order valence-electron chi connectivity index (χ4n) is 4.73. The van der Waals surface area contributed by atoms with Gasteiger partial charge in [0.25, 0.3) is 0 Å². The van der Waals surface area contributed by atoms with Crippen molar-refractivity contribution in [3.05, 3.63) is 89.7 Å². The van der Waals surface area contributed by atoms with Crippen molar-refractivity contribution < 1.29 is 22.7 Å². The molecule has 0 fully saturated rings. The number of aliphatic imine (C=N–C) groups is 1. The van der Waals surface area contributed by atoms with Gasteiger partial charge in [0.2, 0.25) is 0 Å². The molecule has 4 rings (SSSR count). The fraction of sp³-hybridized carbons (Fsp3) is 0.333. The molecule has 4 aromatic rings. The van der Waals surface area contributed by atoms with E-state index in [4.69, 9.17) is 34.8 Å². The molecule has 256 valence electrons. The number of alkyl halides is 6. The number of amides is 2. The number of aryl methyl sites for hydroxylation is 1. The highest BCUT2D eigenvalue weighted by Gasteiger charge is 2.31. The summed E-state index contributed by atoms with van der Waals surface area (Å²) < 4.78 is 41.2. The number of carbonyl (C=O) groups is 1. The van der Waals surface area contributed by atoms with Gasteiger partial charge in [-0.3, -0.25) is 0 Å². The van der Waals surface area contributed by atoms with Gasteiger partial charge in [-0.2, -0.15) is 4.99 Å². The lowest BCUT2D eigenvalue weighted by Gasteiger charge is -2.30. The number of hydrogen-bond acceptors (Lipinski definition) is 5. The average Bonchev–Trinajstić information content (AvgIpc) is 3.50. The van der Waals surface area contributed by atoms with E-state index in [9.17, 15) is 18.0 Å². The number of benzene rings is 3. The van der Waals surface area contributed by atoms with Gasteiger partial charge < -0.3 is 15.0 Å². The zero-order valence-corrected chi connectivity index (χ0v) is 29.6. The normalized spacial score (nSPS) is 12.4. The molecule has 0 aliphatic heterocycles. The molecule has 0 unspecified atom stereocenters.